The lowest BCUT2D eigenvalue weighted by Gasteiger charge is -2.20. The van der Waals surface area contributed by atoms with Crippen LogP contribution >= 0.6 is 0 Å². The Morgan fingerprint density at radius 2 is 0.982 bits per heavy atom. The molecule has 0 aliphatic carbocycles. The van der Waals surface area contributed by atoms with Crippen molar-refractivity contribution in [3.63, 3.8) is 0 Å². The van der Waals surface area contributed by atoms with Crippen molar-refractivity contribution in [3.8, 4) is 51.0 Å². The maximum atomic E-state index is 6.88. The second-order valence-corrected chi connectivity index (χ2v) is 14.6. The molecule has 10 aromatic rings. The predicted octanol–water partition coefficient (Wildman–Crippen LogP) is 2.83. The number of hydrogen-bond donors (Lipinski definition) is 0. The largest absolute Gasteiger partial charge is 0.454 e. The van der Waals surface area contributed by atoms with Crippen LogP contribution in [-0.4, -0.2) is 58.8 Å². The number of nitrogens with zero attached hydrogens (tertiary/aromatic N) is 4. The highest BCUT2D eigenvalue weighted by Crippen LogP contribution is 2.40. The molecule has 10 rings (SSSR count). The SMILES string of the molecule is Bc1c(B)c(B)c(-c2nc(-c3ccccc3)nc(-c3ccc4c(c3)oc3c(-n5c6ccccc6c6cc(-c7ccccc7)ccc65)cccc34)n2)c(B)c1B. The molecule has 0 amide bonds. The fourth-order valence-corrected chi connectivity index (χ4v) is 8.31. The zero-order valence-electron chi connectivity index (χ0n) is 31.5. The molecule has 0 bridgehead atoms. The van der Waals surface area contributed by atoms with Crippen molar-refractivity contribution in [1.29, 1.82) is 0 Å². The smallest absolute Gasteiger partial charge is 0.164 e. The summed E-state index contributed by atoms with van der Waals surface area (Å²) >= 11 is 0. The number of fused-ring (bicyclic) bond motifs is 6. The van der Waals surface area contributed by atoms with Gasteiger partial charge in [-0.15, -0.1) is 16.4 Å². The third-order valence-electron chi connectivity index (χ3n) is 11.6. The van der Waals surface area contributed by atoms with Gasteiger partial charge in [-0.1, -0.05) is 114 Å². The summed E-state index contributed by atoms with van der Waals surface area (Å²) in [7, 11) is 10.9. The molecule has 0 fully saturated rings. The Balaban J connectivity index is 1.16. The first kappa shape index (κ1) is 33.1. The average molecular weight is 700 g/mol. The predicted molar refractivity (Wildman–Crippen MR) is 244 cm³/mol. The zero-order valence-corrected chi connectivity index (χ0v) is 31.5. The molecule has 0 radical (unpaired) electrons. The van der Waals surface area contributed by atoms with Crippen molar-refractivity contribution < 1.29 is 4.42 Å². The van der Waals surface area contributed by atoms with E-state index in [0.29, 0.717) is 17.5 Å². The molecule has 7 aromatic carbocycles. The molecule has 0 spiro atoms. The molecular weight excluding hydrogens is 667 g/mol. The average Bonchev–Trinajstić information content (AvgIpc) is 3.78. The van der Waals surface area contributed by atoms with Crippen LogP contribution in [0.3, 0.4) is 0 Å². The lowest BCUT2D eigenvalue weighted by molar-refractivity contribution is 0.666. The van der Waals surface area contributed by atoms with Crippen LogP contribution in [0.2, 0.25) is 0 Å². The number of rotatable bonds is 5. The van der Waals surface area contributed by atoms with E-state index in [-0.39, 0.29) is 0 Å². The van der Waals surface area contributed by atoms with Gasteiger partial charge < -0.3 is 8.98 Å². The highest BCUT2D eigenvalue weighted by molar-refractivity contribution is 6.68. The van der Waals surface area contributed by atoms with Gasteiger partial charge >= 0.3 is 0 Å². The second-order valence-electron chi connectivity index (χ2n) is 14.6. The van der Waals surface area contributed by atoms with E-state index in [2.05, 4.69) is 165 Å². The number of furan rings is 1. The fourth-order valence-electron chi connectivity index (χ4n) is 8.31. The van der Waals surface area contributed by atoms with Gasteiger partial charge in [0.1, 0.15) is 44.8 Å². The van der Waals surface area contributed by atoms with Gasteiger partial charge in [0.25, 0.3) is 0 Å². The van der Waals surface area contributed by atoms with E-state index in [1.54, 1.807) is 0 Å². The van der Waals surface area contributed by atoms with Crippen molar-refractivity contribution in [2.75, 3.05) is 0 Å². The third kappa shape index (κ3) is 5.27. The molecule has 0 atom stereocenters. The molecule has 5 nitrogen and oxygen atoms in total. The third-order valence-corrected chi connectivity index (χ3v) is 11.6. The topological polar surface area (TPSA) is 56.7 Å². The van der Waals surface area contributed by atoms with E-state index in [9.17, 15) is 0 Å². The quantitative estimate of drug-likeness (QED) is 0.260. The van der Waals surface area contributed by atoms with Crippen molar-refractivity contribution in [1.82, 2.24) is 19.5 Å². The van der Waals surface area contributed by atoms with Crippen LogP contribution in [-0.2, 0) is 0 Å². The summed E-state index contributed by atoms with van der Waals surface area (Å²) in [6, 6.07) is 48.9. The van der Waals surface area contributed by atoms with Gasteiger partial charge in [0, 0.05) is 38.2 Å². The maximum Gasteiger partial charge on any atom is 0.164 e. The van der Waals surface area contributed by atoms with Crippen molar-refractivity contribution in [3.05, 3.63) is 140 Å². The summed E-state index contributed by atoms with van der Waals surface area (Å²) in [6.45, 7) is 0. The molecule has 0 aliphatic rings. The monoisotopic (exact) mass is 700 g/mol. The van der Waals surface area contributed by atoms with Crippen LogP contribution in [0, 0.1) is 0 Å². The van der Waals surface area contributed by atoms with Gasteiger partial charge in [0.2, 0.25) is 0 Å². The number of aromatic nitrogens is 4. The molecule has 55 heavy (non-hydrogen) atoms. The summed E-state index contributed by atoms with van der Waals surface area (Å²) in [5.41, 5.74) is 16.4. The fraction of sp³-hybridized carbons (Fsp3) is 0. The Kier molecular flexibility index (Phi) is 7.70. The van der Waals surface area contributed by atoms with Gasteiger partial charge in [0.15, 0.2) is 23.1 Å². The molecule has 3 aromatic heterocycles. The lowest BCUT2D eigenvalue weighted by Crippen LogP contribution is -2.55. The standard InChI is InChI=1S/C45H33B5N4O/c46-37-36(38(47)40(49)41(50)39(37)48)45-52-43(25-12-5-2-6-13-25)51-44(53-45)27-18-20-29-30-15-9-17-34(42(30)55-35(29)23-27)54-32-16-8-7-14-28(32)31-22-26(19-21-33(31)54)24-10-3-1-4-11-24/h1-23H,46-50H2. The molecule has 0 saturated carbocycles. The Bertz CT molecular complexity index is 3130. The van der Waals surface area contributed by atoms with Gasteiger partial charge in [-0.3, -0.25) is 0 Å². The zero-order chi connectivity index (χ0) is 37.4. The van der Waals surface area contributed by atoms with Crippen LogP contribution in [0.25, 0.3) is 94.7 Å². The minimum Gasteiger partial charge on any atom is -0.454 e. The van der Waals surface area contributed by atoms with Crippen LogP contribution in [0.15, 0.2) is 144 Å². The molecule has 0 unspecified atom stereocenters. The minimum atomic E-state index is 0.609. The Morgan fingerprint density at radius 1 is 0.400 bits per heavy atom. The van der Waals surface area contributed by atoms with E-state index < -0.39 is 0 Å². The van der Waals surface area contributed by atoms with Crippen LogP contribution in [0.4, 0.5) is 0 Å². The van der Waals surface area contributed by atoms with E-state index in [1.807, 2.05) is 18.2 Å². The Morgan fingerprint density at radius 3 is 1.73 bits per heavy atom. The van der Waals surface area contributed by atoms with Crippen LogP contribution in [0.5, 0.6) is 0 Å². The van der Waals surface area contributed by atoms with E-state index in [4.69, 9.17) is 19.4 Å². The van der Waals surface area contributed by atoms with Crippen molar-refractivity contribution >= 4 is 110 Å². The van der Waals surface area contributed by atoms with Crippen LogP contribution < -0.4 is 27.3 Å². The van der Waals surface area contributed by atoms with Gasteiger partial charge in [0.05, 0.1) is 16.7 Å². The van der Waals surface area contributed by atoms with Gasteiger partial charge in [-0.05, 0) is 47.5 Å². The van der Waals surface area contributed by atoms with Gasteiger partial charge in [-0.25, -0.2) is 15.0 Å². The summed E-state index contributed by atoms with van der Waals surface area (Å²) in [4.78, 5) is 15.3. The molecule has 254 valence electrons. The Hall–Kier alpha value is -6.53. The molecule has 0 aliphatic heterocycles. The highest BCUT2D eigenvalue weighted by atomic mass is 16.3. The Labute approximate surface area is 323 Å². The second kappa shape index (κ2) is 12.8. The summed E-state index contributed by atoms with van der Waals surface area (Å²) in [5, 5.41) is 4.51. The van der Waals surface area contributed by atoms with Crippen LogP contribution in [0.1, 0.15) is 0 Å². The first-order valence-electron chi connectivity index (χ1n) is 18.8. The highest BCUT2D eigenvalue weighted by Gasteiger charge is 2.21. The summed E-state index contributed by atoms with van der Waals surface area (Å²) in [5.74, 6) is 1.93. The number of benzene rings is 7. The molecule has 10 heteroatoms. The maximum absolute atomic E-state index is 6.88. The van der Waals surface area contributed by atoms with E-state index in [1.165, 1.54) is 49.2 Å². The summed E-state index contributed by atoms with van der Waals surface area (Å²) < 4.78 is 9.22. The van der Waals surface area contributed by atoms with Crippen molar-refractivity contribution in [2.24, 2.45) is 0 Å². The van der Waals surface area contributed by atoms with E-state index in [0.717, 1.165) is 55.3 Å². The molecule has 0 saturated heterocycles. The first-order chi connectivity index (χ1) is 26.9. The lowest BCUT2D eigenvalue weighted by atomic mass is 9.60. The van der Waals surface area contributed by atoms with E-state index >= 15 is 0 Å². The minimum absolute atomic E-state index is 0.609. The summed E-state index contributed by atoms with van der Waals surface area (Å²) in [6.07, 6.45) is 0. The number of para-hydroxylation sites is 2. The first-order valence-corrected chi connectivity index (χ1v) is 18.8. The normalized spacial score (nSPS) is 11.6. The van der Waals surface area contributed by atoms with Gasteiger partial charge in [-0.2, -0.15) is 0 Å². The molecule has 3 heterocycles. The van der Waals surface area contributed by atoms with Crippen molar-refractivity contribution in [2.45, 2.75) is 0 Å². The number of hydrogen-bond acceptors (Lipinski definition) is 4. The molecule has 0 N–H and O–H groups in total. The molecular formula is C45H33B5N4O.